The highest BCUT2D eigenvalue weighted by Crippen LogP contribution is 2.19. The molecule has 0 spiro atoms. The fourth-order valence-electron chi connectivity index (χ4n) is 2.83. The Balaban J connectivity index is 1.70. The van der Waals surface area contributed by atoms with Gasteiger partial charge in [-0.2, -0.15) is 0 Å². The number of hydrogen-bond donors (Lipinski definition) is 1. The van der Waals surface area contributed by atoms with Crippen LogP contribution in [0.5, 0.6) is 0 Å². The van der Waals surface area contributed by atoms with E-state index in [2.05, 4.69) is 14.9 Å². The third-order valence-electron chi connectivity index (χ3n) is 3.94. The van der Waals surface area contributed by atoms with Crippen molar-refractivity contribution < 1.29 is 4.79 Å². The Bertz CT molecular complexity index is 416. The minimum absolute atomic E-state index is 0.0974. The third kappa shape index (κ3) is 2.27. The van der Waals surface area contributed by atoms with Gasteiger partial charge in [0, 0.05) is 25.3 Å². The van der Waals surface area contributed by atoms with Gasteiger partial charge in [0.05, 0.1) is 6.33 Å². The van der Waals surface area contributed by atoms with Crippen LogP contribution < -0.4 is 5.32 Å². The molecule has 0 radical (unpaired) electrons. The van der Waals surface area contributed by atoms with Crippen molar-refractivity contribution in [1.29, 1.82) is 0 Å². The highest BCUT2D eigenvalue weighted by atomic mass is 16.2. The van der Waals surface area contributed by atoms with Crippen molar-refractivity contribution in [2.45, 2.75) is 31.7 Å². The molecule has 98 valence electrons. The molecule has 3 heterocycles. The van der Waals surface area contributed by atoms with Gasteiger partial charge < -0.3 is 14.8 Å². The van der Waals surface area contributed by atoms with Gasteiger partial charge in [-0.15, -0.1) is 0 Å². The molecule has 1 aromatic heterocycles. The SMILES string of the molecule is O=C(c1cn(C2CCNCC2)cn1)N1CCCC1. The summed E-state index contributed by atoms with van der Waals surface area (Å²) in [6.07, 6.45) is 8.23. The second-order valence-electron chi connectivity index (χ2n) is 5.19. The fourth-order valence-corrected chi connectivity index (χ4v) is 2.83. The normalized spacial score (nSPS) is 21.4. The van der Waals surface area contributed by atoms with Crippen molar-refractivity contribution in [3.63, 3.8) is 0 Å². The molecule has 0 bridgehead atoms. The number of likely N-dealkylation sites (tertiary alicyclic amines) is 1. The van der Waals surface area contributed by atoms with E-state index in [9.17, 15) is 4.79 Å². The van der Waals surface area contributed by atoms with E-state index in [0.717, 1.165) is 51.9 Å². The molecule has 0 aliphatic carbocycles. The largest absolute Gasteiger partial charge is 0.337 e. The summed E-state index contributed by atoms with van der Waals surface area (Å²) >= 11 is 0. The van der Waals surface area contributed by atoms with Crippen LogP contribution in [0.4, 0.5) is 0 Å². The number of aromatic nitrogens is 2. The summed E-state index contributed by atoms with van der Waals surface area (Å²) < 4.78 is 2.12. The van der Waals surface area contributed by atoms with Gasteiger partial charge in [0.15, 0.2) is 0 Å². The average Bonchev–Trinajstić information content (AvgIpc) is 3.10. The van der Waals surface area contributed by atoms with E-state index in [4.69, 9.17) is 0 Å². The number of hydrogen-bond acceptors (Lipinski definition) is 3. The van der Waals surface area contributed by atoms with E-state index < -0.39 is 0 Å². The van der Waals surface area contributed by atoms with Crippen LogP contribution in [0, 0.1) is 0 Å². The average molecular weight is 248 g/mol. The predicted molar refractivity (Wildman–Crippen MR) is 68.5 cm³/mol. The number of amides is 1. The van der Waals surface area contributed by atoms with Gasteiger partial charge in [0.2, 0.25) is 0 Å². The standard InChI is InChI=1S/C13H20N4O/c18-13(16-7-1-2-8-16)12-9-17(10-15-12)11-3-5-14-6-4-11/h9-11,14H,1-8H2. The zero-order valence-electron chi connectivity index (χ0n) is 10.6. The Morgan fingerprint density at radius 2 is 2.00 bits per heavy atom. The highest BCUT2D eigenvalue weighted by Gasteiger charge is 2.22. The smallest absolute Gasteiger partial charge is 0.274 e. The van der Waals surface area contributed by atoms with Crippen molar-refractivity contribution in [3.8, 4) is 0 Å². The zero-order chi connectivity index (χ0) is 12.4. The molecule has 0 atom stereocenters. The molecule has 2 saturated heterocycles. The summed E-state index contributed by atoms with van der Waals surface area (Å²) in [7, 11) is 0. The lowest BCUT2D eigenvalue weighted by molar-refractivity contribution is 0.0787. The molecular weight excluding hydrogens is 228 g/mol. The Morgan fingerprint density at radius 3 is 2.72 bits per heavy atom. The van der Waals surface area contributed by atoms with Crippen LogP contribution >= 0.6 is 0 Å². The fraction of sp³-hybridized carbons (Fsp3) is 0.692. The minimum Gasteiger partial charge on any atom is -0.337 e. The molecule has 0 unspecified atom stereocenters. The number of piperidine rings is 1. The molecule has 3 rings (SSSR count). The molecule has 1 aromatic rings. The second-order valence-corrected chi connectivity index (χ2v) is 5.19. The summed E-state index contributed by atoms with van der Waals surface area (Å²) in [6.45, 7) is 3.88. The Kier molecular flexibility index (Phi) is 3.32. The van der Waals surface area contributed by atoms with E-state index in [-0.39, 0.29) is 5.91 Å². The summed E-state index contributed by atoms with van der Waals surface area (Å²) in [4.78, 5) is 18.4. The van der Waals surface area contributed by atoms with Gasteiger partial charge in [-0.25, -0.2) is 4.98 Å². The van der Waals surface area contributed by atoms with Crippen molar-refractivity contribution in [2.24, 2.45) is 0 Å². The van der Waals surface area contributed by atoms with Crippen molar-refractivity contribution in [3.05, 3.63) is 18.2 Å². The van der Waals surface area contributed by atoms with Crippen LogP contribution in [-0.4, -0.2) is 46.5 Å². The van der Waals surface area contributed by atoms with E-state index in [0.29, 0.717) is 11.7 Å². The van der Waals surface area contributed by atoms with Gasteiger partial charge in [-0.3, -0.25) is 4.79 Å². The molecule has 18 heavy (non-hydrogen) atoms. The van der Waals surface area contributed by atoms with E-state index in [1.807, 2.05) is 17.4 Å². The lowest BCUT2D eigenvalue weighted by atomic mass is 10.1. The number of carbonyl (C=O) groups is 1. The molecule has 5 nitrogen and oxygen atoms in total. The maximum Gasteiger partial charge on any atom is 0.274 e. The quantitative estimate of drug-likeness (QED) is 0.851. The molecule has 5 heteroatoms. The van der Waals surface area contributed by atoms with Gasteiger partial charge in [0.1, 0.15) is 5.69 Å². The van der Waals surface area contributed by atoms with Gasteiger partial charge in [-0.1, -0.05) is 0 Å². The summed E-state index contributed by atoms with van der Waals surface area (Å²) in [5, 5.41) is 3.35. The van der Waals surface area contributed by atoms with E-state index >= 15 is 0 Å². The van der Waals surface area contributed by atoms with Gasteiger partial charge >= 0.3 is 0 Å². The van der Waals surface area contributed by atoms with Gasteiger partial charge in [0.25, 0.3) is 5.91 Å². The monoisotopic (exact) mass is 248 g/mol. The van der Waals surface area contributed by atoms with E-state index in [1.54, 1.807) is 0 Å². The first kappa shape index (κ1) is 11.7. The minimum atomic E-state index is 0.0974. The molecule has 2 fully saturated rings. The second kappa shape index (κ2) is 5.10. The number of nitrogens with zero attached hydrogens (tertiary/aromatic N) is 3. The first-order valence-corrected chi connectivity index (χ1v) is 6.88. The Hall–Kier alpha value is -1.36. The van der Waals surface area contributed by atoms with Crippen molar-refractivity contribution >= 4 is 5.91 Å². The number of imidazole rings is 1. The summed E-state index contributed by atoms with van der Waals surface area (Å²) in [5.41, 5.74) is 0.607. The molecule has 2 aliphatic rings. The van der Waals surface area contributed by atoms with E-state index in [1.165, 1.54) is 0 Å². The predicted octanol–water partition coefficient (Wildman–Crippen LogP) is 1.04. The van der Waals surface area contributed by atoms with Crippen molar-refractivity contribution in [2.75, 3.05) is 26.2 Å². The first-order chi connectivity index (χ1) is 8.84. The third-order valence-corrected chi connectivity index (χ3v) is 3.94. The van der Waals surface area contributed by atoms with Crippen LogP contribution in [0.15, 0.2) is 12.5 Å². The maximum atomic E-state index is 12.2. The zero-order valence-corrected chi connectivity index (χ0v) is 10.6. The summed E-state index contributed by atoms with van der Waals surface area (Å²) in [6, 6.07) is 0.499. The lowest BCUT2D eigenvalue weighted by Crippen LogP contribution is -2.29. The molecule has 2 aliphatic heterocycles. The molecule has 0 aromatic carbocycles. The first-order valence-electron chi connectivity index (χ1n) is 6.88. The van der Waals surface area contributed by atoms with Crippen LogP contribution in [0.3, 0.4) is 0 Å². The number of rotatable bonds is 2. The van der Waals surface area contributed by atoms with Crippen LogP contribution in [0.1, 0.15) is 42.2 Å². The molecule has 1 amide bonds. The molecular formula is C13H20N4O. The molecule has 0 saturated carbocycles. The van der Waals surface area contributed by atoms with Crippen LogP contribution in [-0.2, 0) is 0 Å². The maximum absolute atomic E-state index is 12.2. The van der Waals surface area contributed by atoms with Gasteiger partial charge in [-0.05, 0) is 38.8 Å². The van der Waals surface area contributed by atoms with Crippen LogP contribution in [0.25, 0.3) is 0 Å². The Labute approximate surface area is 107 Å². The Morgan fingerprint density at radius 1 is 1.28 bits per heavy atom. The summed E-state index contributed by atoms with van der Waals surface area (Å²) in [5.74, 6) is 0.0974. The lowest BCUT2D eigenvalue weighted by Gasteiger charge is -2.23. The van der Waals surface area contributed by atoms with Crippen LogP contribution in [0.2, 0.25) is 0 Å². The van der Waals surface area contributed by atoms with Crippen molar-refractivity contribution in [1.82, 2.24) is 19.8 Å². The number of carbonyl (C=O) groups excluding carboxylic acids is 1. The molecule has 1 N–H and O–H groups in total. The number of nitrogens with one attached hydrogen (secondary N) is 1. The topological polar surface area (TPSA) is 50.2 Å². The highest BCUT2D eigenvalue weighted by molar-refractivity contribution is 5.92.